The minimum absolute atomic E-state index is 0.174. The van der Waals surface area contributed by atoms with E-state index >= 15 is 0 Å². The Morgan fingerprint density at radius 1 is 1.26 bits per heavy atom. The molecule has 2 aromatic carbocycles. The van der Waals surface area contributed by atoms with Crippen LogP contribution in [0.4, 0.5) is 10.5 Å². The van der Waals surface area contributed by atoms with Gasteiger partial charge >= 0.3 is 6.03 Å². The van der Waals surface area contributed by atoms with Crippen LogP contribution < -0.4 is 26.9 Å². The zero-order valence-corrected chi connectivity index (χ0v) is 15.3. The SMILES string of the molecule is Cc1cccc(N(N)C(=O)NN)c1COc1ccn(-c2ccccc2Cl)n1. The van der Waals surface area contributed by atoms with Crippen LogP contribution in [0.2, 0.25) is 5.02 Å². The molecule has 1 aromatic heterocycles. The Balaban J connectivity index is 1.80. The third-order valence-electron chi connectivity index (χ3n) is 4.02. The number of urea groups is 1. The Hall–Kier alpha value is -3.07. The molecule has 3 rings (SSSR count). The topological polar surface area (TPSA) is 111 Å². The summed E-state index contributed by atoms with van der Waals surface area (Å²) >= 11 is 6.19. The van der Waals surface area contributed by atoms with Gasteiger partial charge in [-0.05, 0) is 30.7 Å². The summed E-state index contributed by atoms with van der Waals surface area (Å²) in [4.78, 5) is 11.7. The molecule has 8 nitrogen and oxygen atoms in total. The van der Waals surface area contributed by atoms with Crippen molar-refractivity contribution in [2.75, 3.05) is 5.01 Å². The van der Waals surface area contributed by atoms with E-state index in [1.165, 1.54) is 0 Å². The fraction of sp³-hybridized carbons (Fsp3) is 0.111. The summed E-state index contributed by atoms with van der Waals surface area (Å²) in [5.74, 6) is 11.4. The lowest BCUT2D eigenvalue weighted by Crippen LogP contribution is -2.48. The van der Waals surface area contributed by atoms with Gasteiger partial charge in [-0.2, -0.15) is 0 Å². The number of benzene rings is 2. The number of amides is 2. The monoisotopic (exact) mass is 386 g/mol. The Labute approximate surface area is 161 Å². The summed E-state index contributed by atoms with van der Waals surface area (Å²) in [5, 5.41) is 5.90. The van der Waals surface area contributed by atoms with Crippen LogP contribution in [0, 0.1) is 6.92 Å². The molecule has 0 aliphatic carbocycles. The number of nitrogens with two attached hydrogens (primary N) is 2. The van der Waals surface area contributed by atoms with Crippen molar-refractivity contribution in [1.29, 1.82) is 0 Å². The van der Waals surface area contributed by atoms with Gasteiger partial charge in [0.25, 0.3) is 0 Å². The summed E-state index contributed by atoms with van der Waals surface area (Å²) in [6, 6.07) is 13.9. The summed E-state index contributed by atoms with van der Waals surface area (Å²) in [6.07, 6.45) is 1.76. The zero-order valence-electron chi connectivity index (χ0n) is 14.6. The van der Waals surface area contributed by atoms with Gasteiger partial charge in [-0.15, -0.1) is 5.10 Å². The molecule has 2 amide bonds. The van der Waals surface area contributed by atoms with Gasteiger partial charge < -0.3 is 4.74 Å². The van der Waals surface area contributed by atoms with Crippen LogP contribution in [0.5, 0.6) is 5.88 Å². The highest BCUT2D eigenvalue weighted by atomic mass is 35.5. The van der Waals surface area contributed by atoms with Gasteiger partial charge in [0.15, 0.2) is 0 Å². The maximum atomic E-state index is 11.7. The van der Waals surface area contributed by atoms with E-state index in [1.807, 2.05) is 36.6 Å². The molecule has 0 saturated carbocycles. The average Bonchev–Trinajstić information content (AvgIpc) is 3.14. The van der Waals surface area contributed by atoms with Crippen molar-refractivity contribution < 1.29 is 9.53 Å². The standard InChI is InChI=1S/C18H19ClN6O2/c1-12-5-4-8-15(25(21)18(26)22-20)13(12)11-27-17-9-10-24(23-17)16-7-3-2-6-14(16)19/h2-10H,11,20-21H2,1H3,(H,22,26). The molecule has 0 unspecified atom stereocenters. The number of carbonyl (C=O) groups excluding carboxylic acids is 1. The van der Waals surface area contributed by atoms with E-state index in [9.17, 15) is 4.79 Å². The molecule has 1 heterocycles. The van der Waals surface area contributed by atoms with Crippen LogP contribution in [0.3, 0.4) is 0 Å². The first-order chi connectivity index (χ1) is 13.0. The molecule has 27 heavy (non-hydrogen) atoms. The zero-order chi connectivity index (χ0) is 19.4. The lowest BCUT2D eigenvalue weighted by Gasteiger charge is -2.20. The van der Waals surface area contributed by atoms with Crippen LogP contribution in [0.1, 0.15) is 11.1 Å². The van der Waals surface area contributed by atoms with Crippen molar-refractivity contribution in [3.63, 3.8) is 0 Å². The van der Waals surface area contributed by atoms with Crippen molar-refractivity contribution in [2.45, 2.75) is 13.5 Å². The highest BCUT2D eigenvalue weighted by molar-refractivity contribution is 6.32. The number of nitrogens with zero attached hydrogens (tertiary/aromatic N) is 3. The number of hydrogen-bond donors (Lipinski definition) is 3. The maximum absolute atomic E-state index is 11.7. The number of ether oxygens (including phenoxy) is 1. The third kappa shape index (κ3) is 4.03. The number of anilines is 1. The number of hydrogen-bond acceptors (Lipinski definition) is 5. The van der Waals surface area contributed by atoms with E-state index in [0.29, 0.717) is 16.6 Å². The van der Waals surface area contributed by atoms with E-state index < -0.39 is 6.03 Å². The fourth-order valence-electron chi connectivity index (χ4n) is 2.58. The van der Waals surface area contributed by atoms with Gasteiger partial charge in [0.1, 0.15) is 6.61 Å². The normalized spacial score (nSPS) is 10.5. The van der Waals surface area contributed by atoms with Crippen LogP contribution in [0.15, 0.2) is 54.7 Å². The molecule has 3 aromatic rings. The number of aryl methyl sites for hydroxylation is 1. The van der Waals surface area contributed by atoms with Crippen molar-refractivity contribution >= 4 is 23.3 Å². The molecular weight excluding hydrogens is 368 g/mol. The second-order valence-corrected chi connectivity index (χ2v) is 6.14. The molecule has 0 aliphatic rings. The van der Waals surface area contributed by atoms with Gasteiger partial charge in [0.2, 0.25) is 5.88 Å². The number of nitrogens with one attached hydrogen (secondary N) is 1. The number of rotatable bonds is 5. The number of para-hydroxylation sites is 1. The van der Waals surface area contributed by atoms with Crippen LogP contribution >= 0.6 is 11.6 Å². The quantitative estimate of drug-likeness (QED) is 0.354. The number of aromatic nitrogens is 2. The molecule has 0 fully saturated rings. The van der Waals surface area contributed by atoms with Crippen LogP contribution in [-0.4, -0.2) is 15.8 Å². The number of halogens is 1. The van der Waals surface area contributed by atoms with E-state index in [2.05, 4.69) is 5.10 Å². The Morgan fingerprint density at radius 3 is 2.78 bits per heavy atom. The second-order valence-electron chi connectivity index (χ2n) is 5.73. The summed E-state index contributed by atoms with van der Waals surface area (Å²) in [5.41, 5.74) is 4.90. The predicted molar refractivity (Wildman–Crippen MR) is 103 cm³/mol. The first-order valence-corrected chi connectivity index (χ1v) is 8.46. The first-order valence-electron chi connectivity index (χ1n) is 8.08. The molecule has 0 spiro atoms. The summed E-state index contributed by atoms with van der Waals surface area (Å²) in [7, 11) is 0. The van der Waals surface area contributed by atoms with Crippen molar-refractivity contribution in [3.8, 4) is 11.6 Å². The first kappa shape index (κ1) is 18.7. The molecule has 0 atom stereocenters. The minimum atomic E-state index is -0.634. The molecular formula is C18H19ClN6O2. The van der Waals surface area contributed by atoms with Crippen LogP contribution in [-0.2, 0) is 6.61 Å². The fourth-order valence-corrected chi connectivity index (χ4v) is 2.80. The highest BCUT2D eigenvalue weighted by Gasteiger charge is 2.16. The van der Waals surface area contributed by atoms with Crippen molar-refractivity contribution in [2.24, 2.45) is 11.7 Å². The van der Waals surface area contributed by atoms with E-state index in [4.69, 9.17) is 28.0 Å². The average molecular weight is 387 g/mol. The molecule has 140 valence electrons. The smallest absolute Gasteiger partial charge is 0.350 e. The Morgan fingerprint density at radius 2 is 2.04 bits per heavy atom. The Bertz CT molecular complexity index is 959. The second kappa shape index (κ2) is 8.09. The maximum Gasteiger partial charge on any atom is 0.350 e. The minimum Gasteiger partial charge on any atom is -0.472 e. The Kier molecular flexibility index (Phi) is 5.60. The lowest BCUT2D eigenvalue weighted by molar-refractivity contribution is 0.246. The molecule has 9 heteroatoms. The van der Waals surface area contributed by atoms with Gasteiger partial charge in [-0.3, -0.25) is 5.43 Å². The largest absolute Gasteiger partial charge is 0.472 e. The van der Waals surface area contributed by atoms with Crippen molar-refractivity contribution in [1.82, 2.24) is 15.2 Å². The van der Waals surface area contributed by atoms with Gasteiger partial charge in [0.05, 0.1) is 16.4 Å². The molecule has 0 aliphatic heterocycles. The lowest BCUT2D eigenvalue weighted by atomic mass is 10.1. The predicted octanol–water partition coefficient (Wildman–Crippen LogP) is 2.68. The van der Waals surface area contributed by atoms with Gasteiger partial charge in [0, 0.05) is 17.8 Å². The van der Waals surface area contributed by atoms with Crippen molar-refractivity contribution in [3.05, 3.63) is 70.9 Å². The molecule has 5 N–H and O–H groups in total. The van der Waals surface area contributed by atoms with Crippen LogP contribution in [0.25, 0.3) is 5.69 Å². The summed E-state index contributed by atoms with van der Waals surface area (Å²) < 4.78 is 7.43. The van der Waals surface area contributed by atoms with E-state index in [1.54, 1.807) is 35.1 Å². The highest BCUT2D eigenvalue weighted by Crippen LogP contribution is 2.25. The molecule has 0 radical (unpaired) electrons. The number of hydrazine groups is 2. The molecule has 0 saturated heterocycles. The molecule has 0 bridgehead atoms. The van der Waals surface area contributed by atoms with E-state index in [0.717, 1.165) is 21.8 Å². The third-order valence-corrected chi connectivity index (χ3v) is 4.34. The van der Waals surface area contributed by atoms with Gasteiger partial charge in [-0.1, -0.05) is 35.9 Å². The van der Waals surface area contributed by atoms with Gasteiger partial charge in [-0.25, -0.2) is 26.2 Å². The summed E-state index contributed by atoms with van der Waals surface area (Å²) in [6.45, 7) is 2.08. The number of carbonyl (C=O) groups is 1. The van der Waals surface area contributed by atoms with E-state index in [-0.39, 0.29) is 6.61 Å².